The average Bonchev–Trinajstić information content (AvgIpc) is 3.18. The first-order chi connectivity index (χ1) is 12.1. The summed E-state index contributed by atoms with van der Waals surface area (Å²) in [4.78, 5) is 7.17. The predicted octanol–water partition coefficient (Wildman–Crippen LogP) is 6.20. The van der Waals surface area contributed by atoms with Crippen LogP contribution in [0.2, 0.25) is 5.02 Å². The molecule has 2 heterocycles. The summed E-state index contributed by atoms with van der Waals surface area (Å²) in [7, 11) is 0. The van der Waals surface area contributed by atoms with Crippen LogP contribution in [-0.4, -0.2) is 15.1 Å². The summed E-state index contributed by atoms with van der Waals surface area (Å²) in [5, 5.41) is 21.6. The Morgan fingerprint density at radius 2 is 1.92 bits per heavy atom. The third-order valence-corrected chi connectivity index (χ3v) is 4.54. The van der Waals surface area contributed by atoms with Gasteiger partial charge in [0.15, 0.2) is 5.69 Å². The van der Waals surface area contributed by atoms with Gasteiger partial charge < -0.3 is 10.1 Å². The first-order valence-corrected chi connectivity index (χ1v) is 8.49. The lowest BCUT2D eigenvalue weighted by Crippen LogP contribution is -1.77. The van der Waals surface area contributed by atoms with E-state index in [-0.39, 0.29) is 11.7 Å². The van der Waals surface area contributed by atoms with Crippen LogP contribution in [-0.2, 0) is 0 Å². The van der Waals surface area contributed by atoms with Crippen molar-refractivity contribution in [3.8, 4) is 17.1 Å². The number of H-pyrrole nitrogens is 1. The predicted molar refractivity (Wildman–Crippen MR) is 96.7 cm³/mol. The zero-order valence-electron chi connectivity index (χ0n) is 12.6. The number of nitrogens with one attached hydrogen (secondary N) is 1. The fourth-order valence-electron chi connectivity index (χ4n) is 2.39. The van der Waals surface area contributed by atoms with Crippen molar-refractivity contribution >= 4 is 44.7 Å². The molecule has 0 aliphatic heterocycles. The van der Waals surface area contributed by atoms with Gasteiger partial charge in [-0.2, -0.15) is 0 Å². The smallest absolute Gasteiger partial charge is 0.230 e. The van der Waals surface area contributed by atoms with E-state index in [0.29, 0.717) is 32.4 Å². The Bertz CT molecular complexity index is 1090. The van der Waals surface area contributed by atoms with Crippen molar-refractivity contribution in [2.24, 2.45) is 10.2 Å². The van der Waals surface area contributed by atoms with Crippen LogP contribution in [0.1, 0.15) is 0 Å². The standard InChI is InChI=1S/C17H10ClFN4OS/c18-10-3-6-13-12(7-10)15(16(24)20-13)22-23-17-21-14(8-25-17)9-1-4-11(19)5-2-9/h1-8,20,24H. The van der Waals surface area contributed by atoms with Gasteiger partial charge in [0.25, 0.3) is 0 Å². The summed E-state index contributed by atoms with van der Waals surface area (Å²) in [6.45, 7) is 0. The maximum absolute atomic E-state index is 13.0. The molecule has 0 atom stereocenters. The molecule has 25 heavy (non-hydrogen) atoms. The van der Waals surface area contributed by atoms with E-state index in [4.69, 9.17) is 11.6 Å². The molecule has 0 saturated carbocycles. The number of hydrogen-bond acceptors (Lipinski definition) is 5. The zero-order valence-corrected chi connectivity index (χ0v) is 14.1. The average molecular weight is 373 g/mol. The number of nitrogens with zero attached hydrogens (tertiary/aromatic N) is 3. The van der Waals surface area contributed by atoms with Gasteiger partial charge >= 0.3 is 0 Å². The van der Waals surface area contributed by atoms with Gasteiger partial charge in [-0.05, 0) is 42.5 Å². The number of aromatic nitrogens is 2. The third-order valence-electron chi connectivity index (χ3n) is 3.58. The maximum atomic E-state index is 13.0. The molecule has 124 valence electrons. The number of halogens is 2. The van der Waals surface area contributed by atoms with Crippen molar-refractivity contribution in [2.45, 2.75) is 0 Å². The number of aromatic hydroxyl groups is 1. The van der Waals surface area contributed by atoms with Crippen LogP contribution in [0.4, 0.5) is 15.2 Å². The molecule has 0 fully saturated rings. The van der Waals surface area contributed by atoms with Crippen LogP contribution in [0.25, 0.3) is 22.2 Å². The van der Waals surface area contributed by atoms with E-state index in [9.17, 15) is 9.50 Å². The van der Waals surface area contributed by atoms with Crippen LogP contribution in [0, 0.1) is 5.82 Å². The molecule has 0 aliphatic rings. The lowest BCUT2D eigenvalue weighted by molar-refractivity contribution is 0.459. The van der Waals surface area contributed by atoms with Gasteiger partial charge in [0.05, 0.1) is 11.2 Å². The van der Waals surface area contributed by atoms with E-state index >= 15 is 0 Å². The van der Waals surface area contributed by atoms with Crippen molar-refractivity contribution in [1.82, 2.24) is 9.97 Å². The number of thiazole rings is 1. The van der Waals surface area contributed by atoms with Gasteiger partial charge in [-0.1, -0.05) is 11.6 Å². The van der Waals surface area contributed by atoms with Crippen molar-refractivity contribution in [2.75, 3.05) is 0 Å². The quantitative estimate of drug-likeness (QED) is 0.420. The van der Waals surface area contributed by atoms with E-state index in [1.54, 1.807) is 30.3 Å². The topological polar surface area (TPSA) is 73.6 Å². The SMILES string of the molecule is Oc1[nH]c2ccc(Cl)cc2c1N=Nc1nc(-c2ccc(F)cc2)cs1. The number of benzene rings is 2. The van der Waals surface area contributed by atoms with Gasteiger partial charge in [0.1, 0.15) is 5.82 Å². The second kappa shape index (κ2) is 6.27. The monoisotopic (exact) mass is 372 g/mol. The van der Waals surface area contributed by atoms with Gasteiger partial charge in [-0.15, -0.1) is 21.6 Å². The highest BCUT2D eigenvalue weighted by Gasteiger charge is 2.11. The molecule has 4 aromatic rings. The highest BCUT2D eigenvalue weighted by molar-refractivity contribution is 7.13. The Labute approximate surface area is 150 Å². The van der Waals surface area contributed by atoms with Crippen LogP contribution < -0.4 is 0 Å². The fraction of sp³-hybridized carbons (Fsp3) is 0. The molecule has 0 saturated heterocycles. The van der Waals surface area contributed by atoms with Gasteiger partial charge in [0.2, 0.25) is 11.0 Å². The van der Waals surface area contributed by atoms with Crippen LogP contribution >= 0.6 is 22.9 Å². The Kier molecular flexibility index (Phi) is 3.95. The lowest BCUT2D eigenvalue weighted by atomic mass is 10.2. The molecular formula is C17H10ClFN4OS. The number of hydrogen-bond donors (Lipinski definition) is 2. The molecule has 4 rings (SSSR count). The van der Waals surface area contributed by atoms with E-state index in [1.807, 2.05) is 5.38 Å². The number of rotatable bonds is 3. The zero-order chi connectivity index (χ0) is 17.4. The van der Waals surface area contributed by atoms with E-state index < -0.39 is 0 Å². The minimum Gasteiger partial charge on any atom is -0.493 e. The molecule has 0 bridgehead atoms. The summed E-state index contributed by atoms with van der Waals surface area (Å²) in [6, 6.07) is 11.2. The molecule has 0 amide bonds. The number of fused-ring (bicyclic) bond motifs is 1. The Hall–Kier alpha value is -2.77. The highest BCUT2D eigenvalue weighted by atomic mass is 35.5. The first kappa shape index (κ1) is 15.7. The second-order valence-corrected chi connectivity index (χ2v) is 6.51. The van der Waals surface area contributed by atoms with Gasteiger partial charge in [-0.3, -0.25) is 0 Å². The Balaban J connectivity index is 1.66. The summed E-state index contributed by atoms with van der Waals surface area (Å²) in [6.07, 6.45) is 0. The van der Waals surface area contributed by atoms with Gasteiger partial charge in [-0.25, -0.2) is 9.37 Å². The number of azo groups is 1. The van der Waals surface area contributed by atoms with Crippen molar-refractivity contribution in [1.29, 1.82) is 0 Å². The van der Waals surface area contributed by atoms with E-state index in [2.05, 4.69) is 20.2 Å². The second-order valence-electron chi connectivity index (χ2n) is 5.23. The minimum absolute atomic E-state index is 0.0867. The summed E-state index contributed by atoms with van der Waals surface area (Å²) >= 11 is 7.30. The van der Waals surface area contributed by atoms with Crippen molar-refractivity contribution in [3.63, 3.8) is 0 Å². The molecule has 5 nitrogen and oxygen atoms in total. The first-order valence-electron chi connectivity index (χ1n) is 7.23. The molecule has 0 aliphatic carbocycles. The Morgan fingerprint density at radius 3 is 2.72 bits per heavy atom. The summed E-state index contributed by atoms with van der Waals surface area (Å²) in [5.74, 6) is -0.385. The minimum atomic E-state index is -0.299. The molecule has 2 aromatic heterocycles. The van der Waals surface area contributed by atoms with Crippen LogP contribution in [0.5, 0.6) is 5.88 Å². The molecule has 8 heteroatoms. The largest absolute Gasteiger partial charge is 0.493 e. The highest BCUT2D eigenvalue weighted by Crippen LogP contribution is 2.38. The normalized spacial score (nSPS) is 11.6. The lowest BCUT2D eigenvalue weighted by Gasteiger charge is -1.94. The molecule has 0 unspecified atom stereocenters. The summed E-state index contributed by atoms with van der Waals surface area (Å²) < 4.78 is 13.0. The van der Waals surface area contributed by atoms with Crippen molar-refractivity contribution < 1.29 is 9.50 Å². The third kappa shape index (κ3) is 3.11. The maximum Gasteiger partial charge on any atom is 0.230 e. The molecule has 0 spiro atoms. The van der Waals surface area contributed by atoms with E-state index in [1.165, 1.54) is 23.5 Å². The van der Waals surface area contributed by atoms with Crippen LogP contribution in [0.15, 0.2) is 58.1 Å². The molecule has 2 N–H and O–H groups in total. The fourth-order valence-corrected chi connectivity index (χ4v) is 3.21. The number of aromatic amines is 1. The van der Waals surface area contributed by atoms with Crippen LogP contribution in [0.3, 0.4) is 0 Å². The van der Waals surface area contributed by atoms with E-state index in [0.717, 1.165) is 5.56 Å². The summed E-state index contributed by atoms with van der Waals surface area (Å²) in [5.41, 5.74) is 2.49. The molecule has 0 radical (unpaired) electrons. The Morgan fingerprint density at radius 1 is 1.12 bits per heavy atom. The molecular weight excluding hydrogens is 363 g/mol. The molecule has 2 aromatic carbocycles. The van der Waals surface area contributed by atoms with Crippen molar-refractivity contribution in [3.05, 3.63) is 58.7 Å². The van der Waals surface area contributed by atoms with Gasteiger partial charge in [0, 0.05) is 21.4 Å².